The van der Waals surface area contributed by atoms with Crippen LogP contribution in [-0.2, 0) is 11.3 Å². The molecule has 3 rings (SSSR count). The first-order chi connectivity index (χ1) is 11.7. The van der Waals surface area contributed by atoms with E-state index < -0.39 is 0 Å². The second-order valence-corrected chi connectivity index (χ2v) is 7.77. The van der Waals surface area contributed by atoms with Crippen molar-refractivity contribution in [2.45, 2.75) is 63.8 Å². The van der Waals surface area contributed by atoms with Crippen LogP contribution in [0.2, 0.25) is 0 Å². The lowest BCUT2D eigenvalue weighted by Crippen LogP contribution is -2.45. The van der Waals surface area contributed by atoms with Gasteiger partial charge in [0.05, 0.1) is 18.8 Å². The first-order valence-electron chi connectivity index (χ1n) is 9.52. The van der Waals surface area contributed by atoms with E-state index in [0.717, 1.165) is 50.4 Å². The molecule has 1 atom stereocenters. The highest BCUT2D eigenvalue weighted by Gasteiger charge is 2.35. The van der Waals surface area contributed by atoms with Crippen molar-refractivity contribution in [1.82, 2.24) is 10.1 Å². The number of likely N-dealkylation sites (tertiary alicyclic amines) is 1. The Morgan fingerprint density at radius 2 is 2.17 bits per heavy atom. The summed E-state index contributed by atoms with van der Waals surface area (Å²) in [6, 6.07) is 2.17. The van der Waals surface area contributed by atoms with E-state index in [1.807, 2.05) is 0 Å². The molecular formula is C19H32N2O3. The predicted octanol–water partition coefficient (Wildman–Crippen LogP) is 3.33. The van der Waals surface area contributed by atoms with Gasteiger partial charge in [0.2, 0.25) is 0 Å². The summed E-state index contributed by atoms with van der Waals surface area (Å²) in [5.41, 5.74) is 1.12. The molecule has 0 radical (unpaired) electrons. The van der Waals surface area contributed by atoms with Crippen molar-refractivity contribution < 1.29 is 14.4 Å². The number of nitrogens with zero attached hydrogens (tertiary/aromatic N) is 2. The van der Waals surface area contributed by atoms with Crippen molar-refractivity contribution in [1.29, 1.82) is 0 Å². The van der Waals surface area contributed by atoms with Gasteiger partial charge in [-0.05, 0) is 38.6 Å². The fraction of sp³-hybridized carbons (Fsp3) is 0.842. The van der Waals surface area contributed by atoms with E-state index in [-0.39, 0.29) is 12.0 Å². The standard InChI is InChI=1S/C19H32N2O3/c1-23-11-9-19(15-22)8-5-10-21(14-19)13-17-12-18(20-24-17)16-6-3-2-4-7-16/h12,16,22H,2-11,13-15H2,1H3/t19-/m0/s1. The number of rotatable bonds is 7. The average molecular weight is 336 g/mol. The van der Waals surface area contributed by atoms with E-state index in [0.29, 0.717) is 12.5 Å². The lowest BCUT2D eigenvalue weighted by molar-refractivity contribution is 0.00228. The molecule has 2 fully saturated rings. The maximum Gasteiger partial charge on any atom is 0.150 e. The summed E-state index contributed by atoms with van der Waals surface area (Å²) < 4.78 is 10.9. The van der Waals surface area contributed by atoms with Crippen molar-refractivity contribution in [2.75, 3.05) is 33.4 Å². The zero-order chi connectivity index (χ0) is 16.8. The number of piperidine rings is 1. The zero-order valence-corrected chi connectivity index (χ0v) is 15.0. The van der Waals surface area contributed by atoms with E-state index in [4.69, 9.17) is 9.26 Å². The van der Waals surface area contributed by atoms with Gasteiger partial charge in [0.1, 0.15) is 0 Å². The second kappa shape index (κ2) is 8.45. The number of hydrogen-bond acceptors (Lipinski definition) is 5. The summed E-state index contributed by atoms with van der Waals surface area (Å²) in [6.07, 6.45) is 9.61. The zero-order valence-electron chi connectivity index (χ0n) is 15.0. The summed E-state index contributed by atoms with van der Waals surface area (Å²) in [7, 11) is 1.73. The van der Waals surface area contributed by atoms with Gasteiger partial charge < -0.3 is 14.4 Å². The number of aromatic nitrogens is 1. The van der Waals surface area contributed by atoms with Crippen LogP contribution in [0.1, 0.15) is 68.7 Å². The molecule has 0 amide bonds. The topological polar surface area (TPSA) is 58.7 Å². The molecule has 1 aliphatic carbocycles. The van der Waals surface area contributed by atoms with Crippen molar-refractivity contribution in [3.63, 3.8) is 0 Å². The van der Waals surface area contributed by atoms with Gasteiger partial charge in [-0.15, -0.1) is 0 Å². The molecule has 0 aromatic carbocycles. The molecule has 136 valence electrons. The van der Waals surface area contributed by atoms with Gasteiger partial charge in [-0.25, -0.2) is 0 Å². The fourth-order valence-corrected chi connectivity index (χ4v) is 4.39. The summed E-state index contributed by atoms with van der Waals surface area (Å²) in [5, 5.41) is 14.2. The molecule has 1 aromatic rings. The lowest BCUT2D eigenvalue weighted by atomic mass is 9.78. The van der Waals surface area contributed by atoms with E-state index in [1.54, 1.807) is 7.11 Å². The predicted molar refractivity (Wildman–Crippen MR) is 92.9 cm³/mol. The second-order valence-electron chi connectivity index (χ2n) is 7.77. The smallest absolute Gasteiger partial charge is 0.150 e. The van der Waals surface area contributed by atoms with E-state index in [1.165, 1.54) is 32.1 Å². The minimum absolute atomic E-state index is 0.0273. The third-order valence-corrected chi connectivity index (χ3v) is 5.89. The van der Waals surface area contributed by atoms with Gasteiger partial charge in [0.15, 0.2) is 5.76 Å². The van der Waals surface area contributed by atoms with Crippen LogP contribution in [0.3, 0.4) is 0 Å². The molecule has 1 aliphatic heterocycles. The van der Waals surface area contributed by atoms with Gasteiger partial charge in [0.25, 0.3) is 0 Å². The normalized spacial score (nSPS) is 26.8. The molecule has 0 bridgehead atoms. The quantitative estimate of drug-likeness (QED) is 0.827. The maximum absolute atomic E-state index is 9.91. The number of methoxy groups -OCH3 is 1. The highest BCUT2D eigenvalue weighted by atomic mass is 16.5. The largest absolute Gasteiger partial charge is 0.396 e. The first-order valence-corrected chi connectivity index (χ1v) is 9.52. The fourth-order valence-electron chi connectivity index (χ4n) is 4.39. The molecule has 0 spiro atoms. The van der Waals surface area contributed by atoms with E-state index in [9.17, 15) is 5.11 Å². The molecule has 1 saturated heterocycles. The molecule has 5 nitrogen and oxygen atoms in total. The van der Waals surface area contributed by atoms with Crippen molar-refractivity contribution in [2.24, 2.45) is 5.41 Å². The van der Waals surface area contributed by atoms with Crippen LogP contribution >= 0.6 is 0 Å². The summed E-state index contributed by atoms with van der Waals surface area (Å²) in [6.45, 7) is 3.72. The van der Waals surface area contributed by atoms with Crippen LogP contribution in [0.25, 0.3) is 0 Å². The molecule has 1 N–H and O–H groups in total. The van der Waals surface area contributed by atoms with Crippen LogP contribution < -0.4 is 0 Å². The Labute approximate surface area is 145 Å². The number of ether oxygens (including phenoxy) is 1. The van der Waals surface area contributed by atoms with E-state index >= 15 is 0 Å². The Kier molecular flexibility index (Phi) is 6.31. The first kappa shape index (κ1) is 17.9. The van der Waals surface area contributed by atoms with Crippen molar-refractivity contribution in [3.8, 4) is 0 Å². The molecule has 2 heterocycles. The minimum Gasteiger partial charge on any atom is -0.396 e. The Bertz CT molecular complexity index is 499. The van der Waals surface area contributed by atoms with Crippen LogP contribution in [0.15, 0.2) is 10.6 Å². The minimum atomic E-state index is -0.0273. The van der Waals surface area contributed by atoms with Gasteiger partial charge in [-0.2, -0.15) is 0 Å². The third-order valence-electron chi connectivity index (χ3n) is 5.89. The molecular weight excluding hydrogens is 304 g/mol. The number of aliphatic hydroxyl groups is 1. The Hall–Kier alpha value is -0.910. The van der Waals surface area contributed by atoms with Crippen LogP contribution in [0, 0.1) is 5.41 Å². The summed E-state index contributed by atoms with van der Waals surface area (Å²) in [5.74, 6) is 1.56. The molecule has 5 heteroatoms. The van der Waals surface area contributed by atoms with Crippen molar-refractivity contribution >= 4 is 0 Å². The van der Waals surface area contributed by atoms with Crippen molar-refractivity contribution in [3.05, 3.63) is 17.5 Å². The van der Waals surface area contributed by atoms with Gasteiger partial charge in [0, 0.05) is 37.7 Å². The summed E-state index contributed by atoms with van der Waals surface area (Å²) >= 11 is 0. The maximum atomic E-state index is 9.91. The number of aliphatic hydroxyl groups excluding tert-OH is 1. The van der Waals surface area contributed by atoms with Gasteiger partial charge in [-0.3, -0.25) is 4.90 Å². The van der Waals surface area contributed by atoms with E-state index in [2.05, 4.69) is 16.1 Å². The van der Waals surface area contributed by atoms with Gasteiger partial charge >= 0.3 is 0 Å². The van der Waals surface area contributed by atoms with Crippen LogP contribution in [0.5, 0.6) is 0 Å². The molecule has 1 aromatic heterocycles. The Morgan fingerprint density at radius 1 is 1.33 bits per heavy atom. The highest BCUT2D eigenvalue weighted by molar-refractivity contribution is 5.11. The SMILES string of the molecule is COCC[C@@]1(CO)CCCN(Cc2cc(C3CCCCC3)no2)C1. The molecule has 24 heavy (non-hydrogen) atoms. The Morgan fingerprint density at radius 3 is 2.92 bits per heavy atom. The Balaban J connectivity index is 1.58. The highest BCUT2D eigenvalue weighted by Crippen LogP contribution is 2.35. The third kappa shape index (κ3) is 4.38. The summed E-state index contributed by atoms with van der Waals surface area (Å²) in [4.78, 5) is 2.40. The molecule has 2 aliphatic rings. The lowest BCUT2D eigenvalue weighted by Gasteiger charge is -2.41. The molecule has 0 unspecified atom stereocenters. The average Bonchev–Trinajstić information content (AvgIpc) is 3.09. The van der Waals surface area contributed by atoms with Crippen LogP contribution in [-0.4, -0.2) is 48.6 Å². The van der Waals surface area contributed by atoms with Crippen LogP contribution in [0.4, 0.5) is 0 Å². The number of hydrogen-bond donors (Lipinski definition) is 1. The molecule has 1 saturated carbocycles. The monoisotopic (exact) mass is 336 g/mol. The van der Waals surface area contributed by atoms with Gasteiger partial charge in [-0.1, -0.05) is 24.4 Å².